The Balaban J connectivity index is 1.32. The van der Waals surface area contributed by atoms with Gasteiger partial charge < -0.3 is 4.90 Å². The molecular weight excluding hydrogens is 679 g/mol. The Kier molecular flexibility index (Phi) is 8.51. The molecule has 56 heavy (non-hydrogen) atoms. The van der Waals surface area contributed by atoms with Crippen molar-refractivity contribution in [3.8, 4) is 55.9 Å². The van der Waals surface area contributed by atoms with Crippen LogP contribution in [0.3, 0.4) is 0 Å². The summed E-state index contributed by atoms with van der Waals surface area (Å²) in [7, 11) is 0. The van der Waals surface area contributed by atoms with Crippen molar-refractivity contribution in [2.45, 2.75) is 0 Å². The van der Waals surface area contributed by atoms with E-state index in [0.717, 1.165) is 78.1 Å². The van der Waals surface area contributed by atoms with Crippen molar-refractivity contribution in [1.29, 1.82) is 0 Å². The molecule has 0 aliphatic rings. The highest BCUT2D eigenvalue weighted by Gasteiger charge is 2.24. The topological polar surface area (TPSA) is 20.5 Å². The summed E-state index contributed by atoms with van der Waals surface area (Å²) in [5.74, 6) is 0. The van der Waals surface area contributed by atoms with E-state index in [1.54, 1.807) is 0 Å². The number of pyridine rings is 1. The average Bonchev–Trinajstić information content (AvgIpc) is 3.69. The molecule has 0 bridgehead atoms. The molecule has 10 rings (SSSR count). The van der Waals surface area contributed by atoms with Gasteiger partial charge in [-0.05, 0) is 70.3 Å². The summed E-state index contributed by atoms with van der Waals surface area (Å²) in [6.45, 7) is 0. The van der Waals surface area contributed by atoms with Gasteiger partial charge in [0.25, 0.3) is 0 Å². The van der Waals surface area contributed by atoms with E-state index in [1.165, 1.54) is 11.1 Å². The Morgan fingerprint density at radius 1 is 0.339 bits per heavy atom. The second-order valence-electron chi connectivity index (χ2n) is 14.0. The second-order valence-corrected chi connectivity index (χ2v) is 14.0. The van der Waals surface area contributed by atoms with E-state index in [4.69, 9.17) is 5.10 Å². The van der Waals surface area contributed by atoms with E-state index in [2.05, 4.69) is 234 Å². The fourth-order valence-electron chi connectivity index (χ4n) is 7.98. The van der Waals surface area contributed by atoms with Crippen LogP contribution in [-0.4, -0.2) is 9.61 Å². The molecule has 0 saturated heterocycles. The van der Waals surface area contributed by atoms with E-state index in [9.17, 15) is 0 Å². The Morgan fingerprint density at radius 3 is 1.38 bits per heavy atom. The lowest BCUT2D eigenvalue weighted by molar-refractivity contribution is 0.979. The van der Waals surface area contributed by atoms with E-state index < -0.39 is 0 Å². The summed E-state index contributed by atoms with van der Waals surface area (Å²) in [6, 6.07) is 80.0. The second kappa shape index (κ2) is 14.4. The quantitative estimate of drug-likeness (QED) is 0.156. The molecule has 0 amide bonds. The van der Waals surface area contributed by atoms with Crippen LogP contribution in [0.1, 0.15) is 0 Å². The molecule has 0 aliphatic heterocycles. The van der Waals surface area contributed by atoms with Crippen LogP contribution in [0, 0.1) is 0 Å². The fraction of sp³-hybridized carbons (Fsp3) is 0. The van der Waals surface area contributed by atoms with Gasteiger partial charge in [0.2, 0.25) is 0 Å². The third kappa shape index (κ3) is 6.02. The van der Waals surface area contributed by atoms with Crippen LogP contribution in [0.5, 0.6) is 0 Å². The van der Waals surface area contributed by atoms with Crippen molar-refractivity contribution in [2.75, 3.05) is 4.90 Å². The molecule has 0 N–H and O–H groups in total. The lowest BCUT2D eigenvalue weighted by atomic mass is 9.95. The number of benzene rings is 8. The van der Waals surface area contributed by atoms with Crippen LogP contribution in [-0.2, 0) is 0 Å². The van der Waals surface area contributed by atoms with E-state index >= 15 is 0 Å². The molecule has 0 atom stereocenters. The van der Waals surface area contributed by atoms with Crippen molar-refractivity contribution in [3.05, 3.63) is 224 Å². The molecule has 0 saturated carbocycles. The van der Waals surface area contributed by atoms with Gasteiger partial charge in [-0.2, -0.15) is 5.10 Å². The molecule has 3 nitrogen and oxygen atoms in total. The number of fused-ring (bicyclic) bond motifs is 3. The number of nitrogens with zero attached hydrogens (tertiary/aromatic N) is 3. The number of hydrogen-bond acceptors (Lipinski definition) is 2. The molecule has 0 radical (unpaired) electrons. The Hall–Kier alpha value is -7.49. The Bertz CT molecular complexity index is 2870. The lowest BCUT2D eigenvalue weighted by Gasteiger charge is -2.28. The van der Waals surface area contributed by atoms with Gasteiger partial charge >= 0.3 is 0 Å². The molecular formula is C53H37N3. The zero-order chi connectivity index (χ0) is 37.3. The van der Waals surface area contributed by atoms with Gasteiger partial charge in [-0.3, -0.25) is 0 Å². The van der Waals surface area contributed by atoms with Crippen molar-refractivity contribution >= 4 is 33.4 Å². The van der Waals surface area contributed by atoms with E-state index in [0.29, 0.717) is 0 Å². The Labute approximate surface area is 327 Å². The summed E-state index contributed by atoms with van der Waals surface area (Å²) >= 11 is 0. The van der Waals surface area contributed by atoms with Crippen LogP contribution < -0.4 is 4.90 Å². The van der Waals surface area contributed by atoms with Crippen molar-refractivity contribution in [3.63, 3.8) is 0 Å². The number of hydrogen-bond donors (Lipinski definition) is 0. The first-order valence-electron chi connectivity index (χ1n) is 19.1. The molecule has 0 spiro atoms. The fourth-order valence-corrected chi connectivity index (χ4v) is 7.98. The number of para-hydroxylation sites is 1. The van der Waals surface area contributed by atoms with Gasteiger partial charge in [-0.15, -0.1) is 0 Å². The number of rotatable bonds is 8. The molecule has 2 heterocycles. The summed E-state index contributed by atoms with van der Waals surface area (Å²) in [6.07, 6.45) is 0. The highest BCUT2D eigenvalue weighted by molar-refractivity contribution is 6.13. The van der Waals surface area contributed by atoms with Crippen molar-refractivity contribution < 1.29 is 0 Å². The summed E-state index contributed by atoms with van der Waals surface area (Å²) < 4.78 is 2.17. The predicted molar refractivity (Wildman–Crippen MR) is 235 cm³/mol. The van der Waals surface area contributed by atoms with Crippen LogP contribution in [0.25, 0.3) is 72.2 Å². The molecule has 3 heteroatoms. The Morgan fingerprint density at radius 2 is 0.821 bits per heavy atom. The minimum atomic E-state index is 0.954. The molecule has 0 unspecified atom stereocenters. The minimum absolute atomic E-state index is 0.954. The predicted octanol–water partition coefficient (Wildman–Crippen LogP) is 14.3. The first-order chi connectivity index (χ1) is 27.8. The van der Waals surface area contributed by atoms with Gasteiger partial charge in [0.05, 0.1) is 16.9 Å². The standard InChI is InChI=1S/C53H37N3/c1-7-20-38(21-8-1)43-34-44(39-22-9-2-10-23-39)36-46(35-43)55(45-30-17-6-18-31-45)49-33-19-32-47-48(49)37-50(40-24-11-3-12-25-40)56-53(47)51(41-26-13-4-14-27-41)52(54-56)42-28-15-5-16-29-42/h1-37H. The third-order valence-electron chi connectivity index (χ3n) is 10.6. The van der Waals surface area contributed by atoms with Crippen LogP contribution in [0.15, 0.2) is 224 Å². The van der Waals surface area contributed by atoms with E-state index in [1.807, 2.05) is 0 Å². The highest BCUT2D eigenvalue weighted by Crippen LogP contribution is 2.46. The number of aromatic nitrogens is 2. The first kappa shape index (κ1) is 33.1. The van der Waals surface area contributed by atoms with Crippen LogP contribution in [0.4, 0.5) is 17.1 Å². The zero-order valence-corrected chi connectivity index (χ0v) is 30.7. The normalized spacial score (nSPS) is 11.2. The van der Waals surface area contributed by atoms with Crippen LogP contribution in [0.2, 0.25) is 0 Å². The van der Waals surface area contributed by atoms with Gasteiger partial charge in [0, 0.05) is 38.8 Å². The largest absolute Gasteiger partial charge is 0.310 e. The molecule has 8 aromatic carbocycles. The first-order valence-corrected chi connectivity index (χ1v) is 19.1. The van der Waals surface area contributed by atoms with Gasteiger partial charge in [0.15, 0.2) is 0 Å². The zero-order valence-electron chi connectivity index (χ0n) is 30.7. The molecule has 2 aromatic heterocycles. The summed E-state index contributed by atoms with van der Waals surface area (Å²) in [4.78, 5) is 2.42. The summed E-state index contributed by atoms with van der Waals surface area (Å²) in [5, 5.41) is 7.72. The maximum absolute atomic E-state index is 5.47. The number of anilines is 3. The molecule has 0 fully saturated rings. The maximum atomic E-state index is 5.47. The van der Waals surface area contributed by atoms with Crippen LogP contribution >= 0.6 is 0 Å². The average molecular weight is 716 g/mol. The summed E-state index contributed by atoms with van der Waals surface area (Å²) in [5.41, 5.74) is 15.4. The van der Waals surface area contributed by atoms with Gasteiger partial charge in [-0.1, -0.05) is 182 Å². The smallest absolute Gasteiger partial charge is 0.101 e. The maximum Gasteiger partial charge on any atom is 0.101 e. The van der Waals surface area contributed by atoms with Gasteiger partial charge in [-0.25, -0.2) is 4.52 Å². The van der Waals surface area contributed by atoms with E-state index in [-0.39, 0.29) is 0 Å². The SMILES string of the molecule is c1ccc(-c2cc(-c3ccccc3)cc(N(c3ccccc3)c3cccc4c3cc(-c3ccccc3)n3nc(-c5ccccc5)c(-c5ccccc5)c43)c2)cc1. The van der Waals surface area contributed by atoms with Crippen molar-refractivity contribution in [2.24, 2.45) is 0 Å². The third-order valence-corrected chi connectivity index (χ3v) is 10.6. The molecule has 0 aliphatic carbocycles. The minimum Gasteiger partial charge on any atom is -0.310 e. The van der Waals surface area contributed by atoms with Gasteiger partial charge in [0.1, 0.15) is 5.69 Å². The lowest BCUT2D eigenvalue weighted by Crippen LogP contribution is -2.11. The molecule has 264 valence electrons. The highest BCUT2D eigenvalue weighted by atomic mass is 15.2. The molecule has 10 aromatic rings. The van der Waals surface area contributed by atoms with Crippen molar-refractivity contribution in [1.82, 2.24) is 9.61 Å². The monoisotopic (exact) mass is 715 g/mol.